The van der Waals surface area contributed by atoms with Crippen LogP contribution in [0.2, 0.25) is 0 Å². The minimum atomic E-state index is -0.315. The van der Waals surface area contributed by atoms with E-state index >= 15 is 0 Å². The molecule has 0 unspecified atom stereocenters. The lowest BCUT2D eigenvalue weighted by Gasteiger charge is -2.36. The van der Waals surface area contributed by atoms with Gasteiger partial charge in [-0.3, -0.25) is 18.7 Å². The molecule has 1 aromatic heterocycles. The van der Waals surface area contributed by atoms with E-state index in [0.717, 1.165) is 17.4 Å². The number of hydrogen-bond donors (Lipinski definition) is 0. The van der Waals surface area contributed by atoms with Gasteiger partial charge in [-0.2, -0.15) is 0 Å². The van der Waals surface area contributed by atoms with Gasteiger partial charge in [-0.05, 0) is 13.3 Å². The molecular weight excluding hydrogens is 296 g/mol. The van der Waals surface area contributed by atoms with Crippen LogP contribution in [0.15, 0.2) is 9.59 Å². The first-order valence-electron chi connectivity index (χ1n) is 8.17. The van der Waals surface area contributed by atoms with Crippen LogP contribution in [0.1, 0.15) is 31.9 Å². The van der Waals surface area contributed by atoms with Gasteiger partial charge in [-0.25, -0.2) is 4.79 Å². The number of carbonyl (C=O) groups is 1. The Morgan fingerprint density at radius 2 is 1.65 bits per heavy atom. The van der Waals surface area contributed by atoms with Crippen LogP contribution in [0, 0.1) is 6.92 Å². The second-order valence-electron chi connectivity index (χ2n) is 6.11. The molecule has 1 aliphatic heterocycles. The summed E-state index contributed by atoms with van der Waals surface area (Å²) >= 11 is 0. The third-order valence-electron chi connectivity index (χ3n) is 4.62. The van der Waals surface area contributed by atoms with Gasteiger partial charge in [0.25, 0.3) is 5.56 Å². The molecule has 23 heavy (non-hydrogen) atoms. The lowest BCUT2D eigenvalue weighted by atomic mass is 10.2. The first-order chi connectivity index (χ1) is 10.9. The Hall–Kier alpha value is -2.05. The van der Waals surface area contributed by atoms with Gasteiger partial charge in [0.05, 0.1) is 0 Å². The fourth-order valence-electron chi connectivity index (χ4n) is 2.96. The molecule has 0 spiro atoms. The van der Waals surface area contributed by atoms with Crippen LogP contribution in [0.3, 0.4) is 0 Å². The molecule has 0 bridgehead atoms. The van der Waals surface area contributed by atoms with E-state index < -0.39 is 0 Å². The molecule has 0 atom stereocenters. The van der Waals surface area contributed by atoms with Crippen molar-refractivity contribution < 1.29 is 4.79 Å². The van der Waals surface area contributed by atoms with Crippen molar-refractivity contribution in [3.05, 3.63) is 26.5 Å². The van der Waals surface area contributed by atoms with Crippen molar-refractivity contribution in [3.63, 3.8) is 0 Å². The number of nitrogens with zero attached hydrogens (tertiary/aromatic N) is 4. The first kappa shape index (κ1) is 17.3. The lowest BCUT2D eigenvalue weighted by molar-refractivity contribution is -0.131. The van der Waals surface area contributed by atoms with Crippen molar-refractivity contribution in [2.45, 2.75) is 33.1 Å². The second kappa shape index (κ2) is 7.02. The molecule has 2 heterocycles. The van der Waals surface area contributed by atoms with E-state index in [1.807, 2.05) is 9.80 Å². The molecule has 7 nitrogen and oxygen atoms in total. The van der Waals surface area contributed by atoms with Gasteiger partial charge in [0, 0.05) is 52.4 Å². The number of piperazine rings is 1. The molecule has 0 aromatic carbocycles. The van der Waals surface area contributed by atoms with Crippen LogP contribution in [0.25, 0.3) is 0 Å². The maximum atomic E-state index is 12.4. The highest BCUT2D eigenvalue weighted by atomic mass is 16.2. The second-order valence-corrected chi connectivity index (χ2v) is 6.11. The first-order valence-corrected chi connectivity index (χ1v) is 8.17. The molecule has 0 saturated carbocycles. The number of anilines is 1. The number of amides is 1. The third kappa shape index (κ3) is 3.33. The van der Waals surface area contributed by atoms with Crippen LogP contribution >= 0.6 is 0 Å². The van der Waals surface area contributed by atoms with Crippen molar-refractivity contribution in [1.29, 1.82) is 0 Å². The highest BCUT2D eigenvalue weighted by Gasteiger charge is 2.25. The minimum Gasteiger partial charge on any atom is -0.362 e. The topological polar surface area (TPSA) is 67.6 Å². The average Bonchev–Trinajstić information content (AvgIpc) is 2.57. The van der Waals surface area contributed by atoms with Gasteiger partial charge < -0.3 is 9.80 Å². The van der Waals surface area contributed by atoms with Gasteiger partial charge in [0.2, 0.25) is 5.91 Å². The summed E-state index contributed by atoms with van der Waals surface area (Å²) in [5.74, 6) is 0.191. The molecule has 1 saturated heterocycles. The fourth-order valence-corrected chi connectivity index (χ4v) is 2.96. The minimum absolute atomic E-state index is 0.191. The number of unbranched alkanes of at least 4 members (excludes halogenated alkanes) is 1. The van der Waals surface area contributed by atoms with E-state index in [9.17, 15) is 14.4 Å². The largest absolute Gasteiger partial charge is 0.362 e. The van der Waals surface area contributed by atoms with Gasteiger partial charge in [0.1, 0.15) is 5.69 Å². The van der Waals surface area contributed by atoms with E-state index in [2.05, 4.69) is 6.92 Å². The number of hydrogen-bond acceptors (Lipinski definition) is 4. The Balaban J connectivity index is 2.17. The Kier molecular flexibility index (Phi) is 5.28. The van der Waals surface area contributed by atoms with Gasteiger partial charge in [-0.1, -0.05) is 13.3 Å². The summed E-state index contributed by atoms with van der Waals surface area (Å²) < 4.78 is 2.64. The molecule has 0 aliphatic carbocycles. The summed E-state index contributed by atoms with van der Waals surface area (Å²) in [4.78, 5) is 40.3. The molecule has 1 aromatic rings. The monoisotopic (exact) mass is 322 g/mol. The Labute approximate surface area is 136 Å². The molecule has 128 valence electrons. The highest BCUT2D eigenvalue weighted by Crippen LogP contribution is 2.16. The predicted molar refractivity (Wildman–Crippen MR) is 90.0 cm³/mol. The van der Waals surface area contributed by atoms with Gasteiger partial charge in [-0.15, -0.1) is 0 Å². The van der Waals surface area contributed by atoms with Crippen LogP contribution < -0.4 is 16.1 Å². The smallest absolute Gasteiger partial charge is 0.330 e. The summed E-state index contributed by atoms with van der Waals surface area (Å²) in [5, 5.41) is 0. The SMILES string of the molecule is CCCCC(=O)N1CCN(c2c(C)n(C)c(=O)n(C)c2=O)CC1. The zero-order valence-electron chi connectivity index (χ0n) is 14.5. The van der Waals surface area contributed by atoms with Crippen LogP contribution in [0.5, 0.6) is 0 Å². The van der Waals surface area contributed by atoms with Crippen molar-refractivity contribution in [3.8, 4) is 0 Å². The average molecular weight is 322 g/mol. The normalized spacial score (nSPS) is 15.1. The Morgan fingerprint density at radius 3 is 2.22 bits per heavy atom. The lowest BCUT2D eigenvalue weighted by Crippen LogP contribution is -2.52. The Bertz CT molecular complexity index is 697. The van der Waals surface area contributed by atoms with Crippen LogP contribution in [-0.4, -0.2) is 46.1 Å². The summed E-state index contributed by atoms with van der Waals surface area (Å²) in [5.41, 5.74) is 0.653. The Morgan fingerprint density at radius 1 is 1.04 bits per heavy atom. The van der Waals surface area contributed by atoms with E-state index in [0.29, 0.717) is 44.0 Å². The van der Waals surface area contributed by atoms with Crippen LogP contribution in [-0.2, 0) is 18.9 Å². The van der Waals surface area contributed by atoms with Gasteiger partial charge >= 0.3 is 5.69 Å². The van der Waals surface area contributed by atoms with E-state index in [-0.39, 0.29) is 17.2 Å². The summed E-state index contributed by atoms with van der Waals surface area (Å²) in [6.45, 7) is 6.33. The zero-order chi connectivity index (χ0) is 17.1. The molecule has 0 radical (unpaired) electrons. The summed E-state index contributed by atoms with van der Waals surface area (Å²) in [7, 11) is 3.17. The number of aromatic nitrogens is 2. The van der Waals surface area contributed by atoms with Crippen molar-refractivity contribution in [2.24, 2.45) is 14.1 Å². The van der Waals surface area contributed by atoms with Crippen molar-refractivity contribution >= 4 is 11.6 Å². The van der Waals surface area contributed by atoms with Gasteiger partial charge in [0.15, 0.2) is 0 Å². The molecule has 1 fully saturated rings. The molecule has 2 rings (SSSR count). The molecular formula is C16H26N4O3. The molecule has 7 heteroatoms. The molecule has 1 amide bonds. The van der Waals surface area contributed by atoms with E-state index in [4.69, 9.17) is 0 Å². The van der Waals surface area contributed by atoms with Crippen molar-refractivity contribution in [2.75, 3.05) is 31.1 Å². The quantitative estimate of drug-likeness (QED) is 0.796. The maximum absolute atomic E-state index is 12.4. The van der Waals surface area contributed by atoms with Crippen LogP contribution in [0.4, 0.5) is 5.69 Å². The summed E-state index contributed by atoms with van der Waals surface area (Å²) in [6, 6.07) is 0. The van der Waals surface area contributed by atoms with E-state index in [1.165, 1.54) is 11.6 Å². The standard InChI is InChI=1S/C16H26N4O3/c1-5-6-7-13(21)19-8-10-20(11-9-19)14-12(2)17(3)16(23)18(4)15(14)22/h5-11H2,1-4H3. The predicted octanol–water partition coefficient (Wildman–Crippen LogP) is 0.231. The van der Waals surface area contributed by atoms with Crippen molar-refractivity contribution in [1.82, 2.24) is 14.0 Å². The molecule has 0 N–H and O–H groups in total. The third-order valence-corrected chi connectivity index (χ3v) is 4.62. The zero-order valence-corrected chi connectivity index (χ0v) is 14.5. The maximum Gasteiger partial charge on any atom is 0.330 e. The fraction of sp³-hybridized carbons (Fsp3) is 0.688. The summed E-state index contributed by atoms with van der Waals surface area (Å²) in [6.07, 6.45) is 2.52. The number of carbonyl (C=O) groups excluding carboxylic acids is 1. The molecule has 1 aliphatic rings. The van der Waals surface area contributed by atoms with E-state index in [1.54, 1.807) is 14.0 Å². The highest BCUT2D eigenvalue weighted by molar-refractivity contribution is 5.76. The number of rotatable bonds is 4.